The Kier molecular flexibility index (Phi) is 5.30. The van der Waals surface area contributed by atoms with Gasteiger partial charge in [0.25, 0.3) is 5.91 Å². The Morgan fingerprint density at radius 1 is 1.20 bits per heavy atom. The number of hydrogen-bond acceptors (Lipinski definition) is 4. The highest BCUT2D eigenvalue weighted by Crippen LogP contribution is 2.15. The van der Waals surface area contributed by atoms with Gasteiger partial charge in [-0.25, -0.2) is 4.98 Å². The molecule has 1 amide bonds. The topological polar surface area (TPSA) is 75.9 Å². The first-order chi connectivity index (χ1) is 12.2. The molecule has 0 aliphatic heterocycles. The third-order valence-corrected chi connectivity index (χ3v) is 3.77. The van der Waals surface area contributed by atoms with Crippen LogP contribution in [-0.2, 0) is 6.61 Å². The SMILES string of the molecule is Cc1ccc2nc(COc3ccc(C(=O)NCCCO)cc3)cn2c1. The van der Waals surface area contributed by atoms with Crippen molar-refractivity contribution in [3.8, 4) is 5.75 Å². The number of aliphatic hydroxyl groups excluding tert-OH is 1. The number of nitrogens with zero attached hydrogens (tertiary/aromatic N) is 2. The van der Waals surface area contributed by atoms with Crippen LogP contribution in [0, 0.1) is 6.92 Å². The monoisotopic (exact) mass is 339 g/mol. The summed E-state index contributed by atoms with van der Waals surface area (Å²) in [5.41, 5.74) is 3.47. The number of pyridine rings is 1. The van der Waals surface area contributed by atoms with E-state index in [9.17, 15) is 4.79 Å². The number of fused-ring (bicyclic) bond motifs is 1. The van der Waals surface area contributed by atoms with Crippen LogP contribution in [-0.4, -0.2) is 33.6 Å². The Morgan fingerprint density at radius 2 is 2.00 bits per heavy atom. The number of aryl methyl sites for hydroxylation is 1. The number of amides is 1. The predicted octanol–water partition coefficient (Wildman–Crippen LogP) is 2.33. The van der Waals surface area contributed by atoms with Crippen LogP contribution in [0.5, 0.6) is 5.75 Å². The van der Waals surface area contributed by atoms with Crippen LogP contribution in [0.2, 0.25) is 0 Å². The molecule has 0 atom stereocenters. The quantitative estimate of drug-likeness (QED) is 0.648. The summed E-state index contributed by atoms with van der Waals surface area (Å²) in [6.07, 6.45) is 4.52. The molecule has 0 saturated carbocycles. The molecule has 3 rings (SSSR count). The Labute approximate surface area is 146 Å². The lowest BCUT2D eigenvalue weighted by atomic mass is 10.2. The van der Waals surface area contributed by atoms with Crippen molar-refractivity contribution in [3.05, 3.63) is 65.6 Å². The highest BCUT2D eigenvalue weighted by molar-refractivity contribution is 5.94. The zero-order chi connectivity index (χ0) is 17.6. The molecule has 0 aliphatic rings. The molecule has 6 heteroatoms. The summed E-state index contributed by atoms with van der Waals surface area (Å²) in [5, 5.41) is 11.5. The summed E-state index contributed by atoms with van der Waals surface area (Å²) in [6.45, 7) is 2.93. The summed E-state index contributed by atoms with van der Waals surface area (Å²) >= 11 is 0. The van der Waals surface area contributed by atoms with Crippen molar-refractivity contribution in [1.82, 2.24) is 14.7 Å². The first-order valence-electron chi connectivity index (χ1n) is 8.22. The molecular weight excluding hydrogens is 318 g/mol. The van der Waals surface area contributed by atoms with E-state index in [4.69, 9.17) is 9.84 Å². The highest BCUT2D eigenvalue weighted by Gasteiger charge is 2.06. The minimum absolute atomic E-state index is 0.0652. The van der Waals surface area contributed by atoms with Gasteiger partial charge in [0.2, 0.25) is 0 Å². The molecule has 130 valence electrons. The maximum atomic E-state index is 11.9. The second-order valence-electron chi connectivity index (χ2n) is 5.85. The van der Waals surface area contributed by atoms with E-state index in [1.807, 2.05) is 35.9 Å². The minimum atomic E-state index is -0.157. The molecule has 6 nitrogen and oxygen atoms in total. The van der Waals surface area contributed by atoms with Gasteiger partial charge in [-0.05, 0) is 49.2 Å². The molecular formula is C19H21N3O3. The van der Waals surface area contributed by atoms with Crippen molar-refractivity contribution in [2.45, 2.75) is 20.0 Å². The largest absolute Gasteiger partial charge is 0.487 e. The van der Waals surface area contributed by atoms with E-state index in [0.717, 1.165) is 11.3 Å². The zero-order valence-corrected chi connectivity index (χ0v) is 14.1. The molecule has 2 heterocycles. The van der Waals surface area contributed by atoms with Crippen LogP contribution in [0.15, 0.2) is 48.8 Å². The second kappa shape index (κ2) is 7.81. The van der Waals surface area contributed by atoms with Crippen molar-refractivity contribution >= 4 is 11.6 Å². The number of carbonyl (C=O) groups excluding carboxylic acids is 1. The number of rotatable bonds is 7. The van der Waals surface area contributed by atoms with E-state index in [2.05, 4.69) is 10.3 Å². The fourth-order valence-corrected chi connectivity index (χ4v) is 2.47. The molecule has 0 radical (unpaired) electrons. The van der Waals surface area contributed by atoms with Crippen molar-refractivity contribution in [2.75, 3.05) is 13.2 Å². The highest BCUT2D eigenvalue weighted by atomic mass is 16.5. The number of nitrogens with one attached hydrogen (secondary N) is 1. The first kappa shape index (κ1) is 17.0. The maximum Gasteiger partial charge on any atom is 0.251 e. The van der Waals surface area contributed by atoms with Crippen LogP contribution in [0.1, 0.15) is 28.0 Å². The molecule has 0 bridgehead atoms. The van der Waals surface area contributed by atoms with E-state index in [-0.39, 0.29) is 12.5 Å². The molecule has 0 spiro atoms. The van der Waals surface area contributed by atoms with Gasteiger partial charge in [0.15, 0.2) is 0 Å². The lowest BCUT2D eigenvalue weighted by Gasteiger charge is -2.06. The van der Waals surface area contributed by atoms with Crippen LogP contribution in [0.25, 0.3) is 5.65 Å². The lowest BCUT2D eigenvalue weighted by Crippen LogP contribution is -2.24. The van der Waals surface area contributed by atoms with Gasteiger partial charge < -0.3 is 19.6 Å². The van der Waals surface area contributed by atoms with E-state index in [0.29, 0.717) is 30.9 Å². The zero-order valence-electron chi connectivity index (χ0n) is 14.1. The maximum absolute atomic E-state index is 11.9. The number of carbonyl (C=O) groups is 1. The average molecular weight is 339 g/mol. The molecule has 3 aromatic rings. The van der Waals surface area contributed by atoms with E-state index >= 15 is 0 Å². The summed E-state index contributed by atoms with van der Waals surface area (Å²) in [5.74, 6) is 0.524. The normalized spacial score (nSPS) is 10.8. The van der Waals surface area contributed by atoms with Gasteiger partial charge in [-0.2, -0.15) is 0 Å². The number of aliphatic hydroxyl groups is 1. The van der Waals surface area contributed by atoms with Gasteiger partial charge >= 0.3 is 0 Å². The standard InChI is InChI=1S/C19H21N3O3/c1-14-3-8-18-21-16(12-22(18)11-14)13-25-17-6-4-15(5-7-17)19(24)20-9-2-10-23/h3-8,11-12,23H,2,9-10,13H2,1H3,(H,20,24). The molecule has 1 aromatic carbocycles. The molecule has 0 unspecified atom stereocenters. The number of aromatic nitrogens is 2. The number of ether oxygens (including phenoxy) is 1. The number of hydrogen-bond donors (Lipinski definition) is 2. The predicted molar refractivity (Wildman–Crippen MR) is 94.7 cm³/mol. The molecule has 0 aliphatic carbocycles. The van der Waals surface area contributed by atoms with Crippen LogP contribution in [0.3, 0.4) is 0 Å². The minimum Gasteiger partial charge on any atom is -0.487 e. The van der Waals surface area contributed by atoms with Gasteiger partial charge in [-0.15, -0.1) is 0 Å². The number of imidazole rings is 1. The molecule has 25 heavy (non-hydrogen) atoms. The summed E-state index contributed by atoms with van der Waals surface area (Å²) in [7, 11) is 0. The Balaban J connectivity index is 1.58. The van der Waals surface area contributed by atoms with E-state index in [1.54, 1.807) is 24.3 Å². The molecule has 0 saturated heterocycles. The Morgan fingerprint density at radius 3 is 2.76 bits per heavy atom. The van der Waals surface area contributed by atoms with E-state index in [1.165, 1.54) is 5.56 Å². The molecule has 0 fully saturated rings. The van der Waals surface area contributed by atoms with Gasteiger partial charge in [0.1, 0.15) is 18.0 Å². The third kappa shape index (κ3) is 4.36. The number of benzene rings is 1. The van der Waals surface area contributed by atoms with Gasteiger partial charge in [-0.1, -0.05) is 6.07 Å². The van der Waals surface area contributed by atoms with Crippen LogP contribution >= 0.6 is 0 Å². The molecule has 2 aromatic heterocycles. The average Bonchev–Trinajstić information content (AvgIpc) is 3.02. The first-order valence-corrected chi connectivity index (χ1v) is 8.22. The van der Waals surface area contributed by atoms with Crippen LogP contribution < -0.4 is 10.1 Å². The van der Waals surface area contributed by atoms with Gasteiger partial charge in [0.05, 0.1) is 5.69 Å². The Hall–Kier alpha value is -2.86. The van der Waals surface area contributed by atoms with Crippen LogP contribution in [0.4, 0.5) is 0 Å². The van der Waals surface area contributed by atoms with Crippen molar-refractivity contribution in [3.63, 3.8) is 0 Å². The lowest BCUT2D eigenvalue weighted by molar-refractivity contribution is 0.0951. The fourth-order valence-electron chi connectivity index (χ4n) is 2.47. The Bertz CT molecular complexity index is 856. The summed E-state index contributed by atoms with van der Waals surface area (Å²) < 4.78 is 7.72. The van der Waals surface area contributed by atoms with Gasteiger partial charge in [0, 0.05) is 31.1 Å². The van der Waals surface area contributed by atoms with Crippen molar-refractivity contribution in [1.29, 1.82) is 0 Å². The van der Waals surface area contributed by atoms with Gasteiger partial charge in [-0.3, -0.25) is 4.79 Å². The fraction of sp³-hybridized carbons (Fsp3) is 0.263. The van der Waals surface area contributed by atoms with Crippen molar-refractivity contribution < 1.29 is 14.6 Å². The van der Waals surface area contributed by atoms with E-state index < -0.39 is 0 Å². The smallest absolute Gasteiger partial charge is 0.251 e. The third-order valence-electron chi connectivity index (χ3n) is 3.77. The molecule has 2 N–H and O–H groups in total. The summed E-state index contributed by atoms with van der Waals surface area (Å²) in [4.78, 5) is 16.4. The second-order valence-corrected chi connectivity index (χ2v) is 5.85. The van der Waals surface area contributed by atoms with Crippen molar-refractivity contribution in [2.24, 2.45) is 0 Å². The summed E-state index contributed by atoms with van der Waals surface area (Å²) in [6, 6.07) is 11.0.